The lowest BCUT2D eigenvalue weighted by molar-refractivity contribution is -0.112. The maximum Gasteiger partial charge on any atom is 0.123 e. The molecule has 0 spiro atoms. The smallest absolute Gasteiger partial charge is 0.123 e. The Hall–Kier alpha value is -0.630. The van der Waals surface area contributed by atoms with Crippen LogP contribution < -0.4 is 0 Å². The van der Waals surface area contributed by atoms with Gasteiger partial charge in [0.25, 0.3) is 0 Å². The van der Waals surface area contributed by atoms with Crippen LogP contribution in [-0.4, -0.2) is 30.8 Å². The lowest BCUT2D eigenvalue weighted by Crippen LogP contribution is -2.34. The zero-order chi connectivity index (χ0) is 8.81. The van der Waals surface area contributed by atoms with Gasteiger partial charge in [-0.3, -0.25) is 0 Å². The summed E-state index contributed by atoms with van der Waals surface area (Å²) in [5, 5.41) is 0. The second kappa shape index (κ2) is 5.09. The third-order valence-corrected chi connectivity index (χ3v) is 2.47. The molecule has 68 valence electrons. The molecule has 2 heteroatoms. The summed E-state index contributed by atoms with van der Waals surface area (Å²) in [6.07, 6.45) is 6.20. The number of aldehydes is 1. The van der Waals surface area contributed by atoms with Gasteiger partial charge in [-0.2, -0.15) is 0 Å². The molecule has 0 N–H and O–H groups in total. The van der Waals surface area contributed by atoms with Gasteiger partial charge in [0.2, 0.25) is 0 Å². The second-order valence-electron chi connectivity index (χ2n) is 3.39. The first kappa shape index (κ1) is 9.46. The number of rotatable bonds is 4. The molecule has 0 atom stereocenters. The molecule has 1 heterocycles. The highest BCUT2D eigenvalue weighted by Gasteiger charge is 2.17. The molecule has 0 bridgehead atoms. The van der Waals surface area contributed by atoms with Crippen LogP contribution in [0.3, 0.4) is 0 Å². The summed E-state index contributed by atoms with van der Waals surface area (Å²) in [4.78, 5) is 12.9. The maximum absolute atomic E-state index is 10.4. The molecule has 1 aliphatic rings. The molecule has 0 radical (unpaired) electrons. The van der Waals surface area contributed by atoms with Crippen molar-refractivity contribution in [2.24, 2.45) is 5.92 Å². The summed E-state index contributed by atoms with van der Waals surface area (Å²) >= 11 is 0. The van der Waals surface area contributed by atoms with E-state index >= 15 is 0 Å². The van der Waals surface area contributed by atoms with Gasteiger partial charge in [-0.15, -0.1) is 6.58 Å². The van der Waals surface area contributed by atoms with Crippen molar-refractivity contribution in [1.82, 2.24) is 4.90 Å². The summed E-state index contributed by atoms with van der Waals surface area (Å²) in [7, 11) is 0. The molecule has 0 aromatic rings. The van der Waals surface area contributed by atoms with Crippen LogP contribution in [0.25, 0.3) is 0 Å². The zero-order valence-electron chi connectivity index (χ0n) is 7.54. The van der Waals surface area contributed by atoms with Gasteiger partial charge in [-0.1, -0.05) is 6.08 Å². The monoisotopic (exact) mass is 167 g/mol. The zero-order valence-corrected chi connectivity index (χ0v) is 7.54. The highest BCUT2D eigenvalue weighted by molar-refractivity contribution is 5.53. The van der Waals surface area contributed by atoms with E-state index in [1.165, 1.54) is 0 Å². The van der Waals surface area contributed by atoms with E-state index in [9.17, 15) is 4.79 Å². The molecule has 1 aliphatic heterocycles. The Labute approximate surface area is 74.2 Å². The molecule has 0 aromatic heterocycles. The predicted molar refractivity (Wildman–Crippen MR) is 50.0 cm³/mol. The number of nitrogens with zero attached hydrogens (tertiary/aromatic N) is 1. The van der Waals surface area contributed by atoms with Crippen LogP contribution in [0, 0.1) is 5.92 Å². The van der Waals surface area contributed by atoms with Crippen LogP contribution >= 0.6 is 0 Å². The Bertz CT molecular complexity index is 148. The van der Waals surface area contributed by atoms with Gasteiger partial charge in [0, 0.05) is 12.5 Å². The minimum Gasteiger partial charge on any atom is -0.303 e. The summed E-state index contributed by atoms with van der Waals surface area (Å²) < 4.78 is 0. The van der Waals surface area contributed by atoms with Crippen LogP contribution in [0.1, 0.15) is 19.3 Å². The van der Waals surface area contributed by atoms with E-state index in [0.29, 0.717) is 5.92 Å². The Morgan fingerprint density at radius 2 is 2.08 bits per heavy atom. The van der Waals surface area contributed by atoms with Gasteiger partial charge in [-0.05, 0) is 32.4 Å². The second-order valence-corrected chi connectivity index (χ2v) is 3.39. The predicted octanol–water partition coefficient (Wildman–Crippen LogP) is 1.47. The molecule has 1 rings (SSSR count). The lowest BCUT2D eigenvalue weighted by atomic mass is 9.98. The molecule has 2 nitrogen and oxygen atoms in total. The van der Waals surface area contributed by atoms with Gasteiger partial charge in [0.05, 0.1) is 0 Å². The van der Waals surface area contributed by atoms with Crippen molar-refractivity contribution in [2.75, 3.05) is 19.6 Å². The van der Waals surface area contributed by atoms with E-state index in [1.807, 2.05) is 6.08 Å². The SMILES string of the molecule is C=CCCN1CCC(C=O)CC1. The number of likely N-dealkylation sites (tertiary alicyclic amines) is 1. The molecule has 1 saturated heterocycles. The Morgan fingerprint density at radius 3 is 2.58 bits per heavy atom. The highest BCUT2D eigenvalue weighted by atomic mass is 16.1. The first-order valence-corrected chi connectivity index (χ1v) is 4.65. The summed E-state index contributed by atoms with van der Waals surface area (Å²) in [5.74, 6) is 0.324. The van der Waals surface area contributed by atoms with Crippen LogP contribution in [0.2, 0.25) is 0 Å². The first-order valence-electron chi connectivity index (χ1n) is 4.65. The van der Waals surface area contributed by atoms with Gasteiger partial charge < -0.3 is 9.69 Å². The average Bonchev–Trinajstić information content (AvgIpc) is 2.15. The van der Waals surface area contributed by atoms with E-state index in [0.717, 1.165) is 45.2 Å². The van der Waals surface area contributed by atoms with E-state index in [1.54, 1.807) is 0 Å². The van der Waals surface area contributed by atoms with E-state index < -0.39 is 0 Å². The first-order chi connectivity index (χ1) is 5.86. The number of carbonyl (C=O) groups excluding carboxylic acids is 1. The highest BCUT2D eigenvalue weighted by Crippen LogP contribution is 2.14. The number of carbonyl (C=O) groups is 1. The van der Waals surface area contributed by atoms with Crippen LogP contribution in [0.5, 0.6) is 0 Å². The summed E-state index contributed by atoms with van der Waals surface area (Å²) in [5.41, 5.74) is 0. The molecule has 0 unspecified atom stereocenters. The fourth-order valence-electron chi connectivity index (χ4n) is 1.59. The molecule has 12 heavy (non-hydrogen) atoms. The lowest BCUT2D eigenvalue weighted by Gasteiger charge is -2.28. The van der Waals surface area contributed by atoms with Gasteiger partial charge in [-0.25, -0.2) is 0 Å². The molecular formula is C10H17NO. The minimum atomic E-state index is 0.324. The Kier molecular flexibility index (Phi) is 4.01. The van der Waals surface area contributed by atoms with Crippen molar-refractivity contribution in [3.8, 4) is 0 Å². The largest absolute Gasteiger partial charge is 0.303 e. The van der Waals surface area contributed by atoms with Crippen LogP contribution in [0.4, 0.5) is 0 Å². The topological polar surface area (TPSA) is 20.3 Å². The molecule has 0 aromatic carbocycles. The third kappa shape index (κ3) is 2.78. The molecule has 0 aliphatic carbocycles. The molecule has 1 fully saturated rings. The van der Waals surface area contributed by atoms with Gasteiger partial charge in [0.1, 0.15) is 6.29 Å². The van der Waals surface area contributed by atoms with Crippen LogP contribution in [-0.2, 0) is 4.79 Å². The van der Waals surface area contributed by atoms with Crippen molar-refractivity contribution in [3.63, 3.8) is 0 Å². The quantitative estimate of drug-likeness (QED) is 0.467. The number of piperidine rings is 1. The molecule has 0 saturated carbocycles. The van der Waals surface area contributed by atoms with E-state index in [-0.39, 0.29) is 0 Å². The minimum absolute atomic E-state index is 0.324. The maximum atomic E-state index is 10.4. The van der Waals surface area contributed by atoms with Gasteiger partial charge in [0.15, 0.2) is 0 Å². The van der Waals surface area contributed by atoms with Crippen molar-refractivity contribution in [2.45, 2.75) is 19.3 Å². The normalized spacial score (nSPS) is 20.7. The van der Waals surface area contributed by atoms with Crippen LogP contribution in [0.15, 0.2) is 12.7 Å². The fourth-order valence-corrected chi connectivity index (χ4v) is 1.59. The van der Waals surface area contributed by atoms with E-state index in [4.69, 9.17) is 0 Å². The molecular weight excluding hydrogens is 150 g/mol. The molecule has 0 amide bonds. The average molecular weight is 167 g/mol. The Balaban J connectivity index is 2.16. The summed E-state index contributed by atoms with van der Waals surface area (Å²) in [6.45, 7) is 6.96. The summed E-state index contributed by atoms with van der Waals surface area (Å²) in [6, 6.07) is 0. The van der Waals surface area contributed by atoms with Gasteiger partial charge >= 0.3 is 0 Å². The number of hydrogen-bond acceptors (Lipinski definition) is 2. The third-order valence-electron chi connectivity index (χ3n) is 2.47. The van der Waals surface area contributed by atoms with Crippen molar-refractivity contribution in [3.05, 3.63) is 12.7 Å². The number of hydrogen-bond donors (Lipinski definition) is 0. The standard InChI is InChI=1S/C10H17NO/c1-2-3-6-11-7-4-10(9-12)5-8-11/h2,9-10H,1,3-8H2. The van der Waals surface area contributed by atoms with Crippen molar-refractivity contribution in [1.29, 1.82) is 0 Å². The van der Waals surface area contributed by atoms with E-state index in [2.05, 4.69) is 11.5 Å². The van der Waals surface area contributed by atoms with Crippen molar-refractivity contribution >= 4 is 6.29 Å². The van der Waals surface area contributed by atoms with Crippen molar-refractivity contribution < 1.29 is 4.79 Å². The Morgan fingerprint density at radius 1 is 1.42 bits per heavy atom. The fraction of sp³-hybridized carbons (Fsp3) is 0.700.